The number of nitrogens with zero attached hydrogens (tertiary/aromatic N) is 1. The zero-order valence-electron chi connectivity index (χ0n) is 13.3. The number of hydrogen-bond donors (Lipinski definition) is 3. The molecule has 1 aliphatic rings. The van der Waals surface area contributed by atoms with Crippen molar-refractivity contribution in [3.63, 3.8) is 0 Å². The number of H-pyrrole nitrogens is 1. The Kier molecular flexibility index (Phi) is 4.10. The molecule has 0 radical (unpaired) electrons. The third-order valence-corrected chi connectivity index (χ3v) is 5.53. The number of rotatable bonds is 4. The van der Waals surface area contributed by atoms with E-state index in [-0.39, 0.29) is 23.8 Å². The summed E-state index contributed by atoms with van der Waals surface area (Å²) in [6, 6.07) is 10.8. The topological polar surface area (TPSA) is 95.1 Å². The third-order valence-electron chi connectivity index (χ3n) is 4.57. The molecule has 1 aliphatic carbocycles. The van der Waals surface area contributed by atoms with Gasteiger partial charge < -0.3 is 15.4 Å². The van der Waals surface area contributed by atoms with E-state index in [9.17, 15) is 14.7 Å². The fourth-order valence-electron chi connectivity index (χ4n) is 3.18. The number of aromatic amines is 1. The first-order valence-electron chi connectivity index (χ1n) is 8.13. The van der Waals surface area contributed by atoms with Gasteiger partial charge in [0.05, 0.1) is 23.2 Å². The summed E-state index contributed by atoms with van der Waals surface area (Å²) in [6.07, 6.45) is 0.973. The second kappa shape index (κ2) is 6.42. The second-order valence-electron chi connectivity index (χ2n) is 6.28. The normalized spacial score (nSPS) is 20.8. The first-order valence-corrected chi connectivity index (χ1v) is 9.01. The van der Waals surface area contributed by atoms with Crippen molar-refractivity contribution < 1.29 is 9.90 Å². The fourth-order valence-corrected chi connectivity index (χ4v) is 4.05. The zero-order chi connectivity index (χ0) is 17.4. The van der Waals surface area contributed by atoms with E-state index in [4.69, 9.17) is 0 Å². The predicted octanol–water partition coefficient (Wildman–Crippen LogP) is 2.23. The average Bonchev–Trinajstić information content (AvgIpc) is 3.10. The van der Waals surface area contributed by atoms with Gasteiger partial charge >= 0.3 is 0 Å². The maximum Gasteiger partial charge on any atom is 0.280 e. The standard InChI is InChI=1S/C18H17N3O3S/c22-11-8-10(9-11)15(14-6-3-7-25-14)21-18(24)16-17(23)20-13-5-2-1-4-12(13)19-16/h1-7,10-11,15,22H,8-9H2,(H,20,23)(H,21,24)/t10?,11?,15-/m1/s1. The van der Waals surface area contributed by atoms with Crippen LogP contribution in [0.4, 0.5) is 0 Å². The van der Waals surface area contributed by atoms with Crippen molar-refractivity contribution in [2.75, 3.05) is 0 Å². The van der Waals surface area contributed by atoms with Crippen LogP contribution in [0.5, 0.6) is 0 Å². The number of para-hydroxylation sites is 2. The Morgan fingerprint density at radius 3 is 2.80 bits per heavy atom. The molecule has 0 saturated heterocycles. The molecule has 2 heterocycles. The highest BCUT2D eigenvalue weighted by atomic mass is 32.1. The molecule has 1 saturated carbocycles. The second-order valence-corrected chi connectivity index (χ2v) is 7.26. The van der Waals surface area contributed by atoms with Crippen molar-refractivity contribution in [3.8, 4) is 0 Å². The van der Waals surface area contributed by atoms with E-state index in [1.807, 2.05) is 17.5 Å². The number of benzene rings is 1. The quantitative estimate of drug-likeness (QED) is 0.669. The van der Waals surface area contributed by atoms with Crippen LogP contribution in [0.1, 0.15) is 34.2 Å². The lowest BCUT2D eigenvalue weighted by Gasteiger charge is -2.37. The largest absolute Gasteiger partial charge is 0.393 e. The number of nitrogens with one attached hydrogen (secondary N) is 2. The van der Waals surface area contributed by atoms with Crippen LogP contribution in [0.2, 0.25) is 0 Å². The molecule has 3 N–H and O–H groups in total. The van der Waals surface area contributed by atoms with E-state index in [1.54, 1.807) is 35.6 Å². The molecule has 1 amide bonds. The third kappa shape index (κ3) is 3.08. The zero-order valence-corrected chi connectivity index (χ0v) is 14.1. The number of hydrogen-bond acceptors (Lipinski definition) is 5. The molecule has 7 heteroatoms. The highest BCUT2D eigenvalue weighted by Crippen LogP contribution is 2.39. The molecule has 128 valence electrons. The number of carbonyl (C=O) groups is 1. The van der Waals surface area contributed by atoms with Crippen molar-refractivity contribution in [1.82, 2.24) is 15.3 Å². The summed E-state index contributed by atoms with van der Waals surface area (Å²) in [5.74, 6) is -0.330. The molecule has 2 aromatic heterocycles. The van der Waals surface area contributed by atoms with Crippen molar-refractivity contribution in [3.05, 3.63) is 62.7 Å². The number of fused-ring (bicyclic) bond motifs is 1. The van der Waals surface area contributed by atoms with Gasteiger partial charge in [-0.15, -0.1) is 11.3 Å². The van der Waals surface area contributed by atoms with Crippen LogP contribution in [0.25, 0.3) is 11.0 Å². The Bertz CT molecular complexity index is 961. The van der Waals surface area contributed by atoms with E-state index in [0.29, 0.717) is 23.9 Å². The number of aliphatic hydroxyl groups excluding tert-OH is 1. The van der Waals surface area contributed by atoms with Crippen LogP contribution in [-0.4, -0.2) is 27.1 Å². The maximum absolute atomic E-state index is 12.7. The van der Waals surface area contributed by atoms with Gasteiger partial charge in [-0.3, -0.25) is 9.59 Å². The minimum atomic E-state index is -0.505. The average molecular weight is 355 g/mol. The van der Waals surface area contributed by atoms with Crippen LogP contribution in [-0.2, 0) is 0 Å². The van der Waals surface area contributed by atoms with E-state index in [2.05, 4.69) is 15.3 Å². The van der Waals surface area contributed by atoms with E-state index in [1.165, 1.54) is 0 Å². The van der Waals surface area contributed by atoms with Crippen LogP contribution >= 0.6 is 11.3 Å². The lowest BCUT2D eigenvalue weighted by molar-refractivity contribution is 0.0240. The Hall–Kier alpha value is -2.51. The summed E-state index contributed by atoms with van der Waals surface area (Å²) in [5.41, 5.74) is 0.523. The molecule has 1 fully saturated rings. The van der Waals surface area contributed by atoms with Crippen molar-refractivity contribution >= 4 is 28.3 Å². The van der Waals surface area contributed by atoms with E-state index >= 15 is 0 Å². The number of aromatic nitrogens is 2. The lowest BCUT2D eigenvalue weighted by atomic mass is 9.76. The first kappa shape index (κ1) is 16.0. The number of amides is 1. The predicted molar refractivity (Wildman–Crippen MR) is 95.6 cm³/mol. The van der Waals surface area contributed by atoms with Gasteiger partial charge in [0.15, 0.2) is 5.69 Å². The number of thiophene rings is 1. The van der Waals surface area contributed by atoms with Gasteiger partial charge in [0, 0.05) is 4.88 Å². The van der Waals surface area contributed by atoms with Crippen molar-refractivity contribution in [2.24, 2.45) is 5.92 Å². The summed E-state index contributed by atoms with van der Waals surface area (Å²) in [4.78, 5) is 32.9. The SMILES string of the molecule is O=C(N[C@@H](c1cccs1)C1CC(O)C1)c1nc2ccccc2[nH]c1=O. The van der Waals surface area contributed by atoms with Crippen LogP contribution in [0.3, 0.4) is 0 Å². The molecule has 0 bridgehead atoms. The smallest absolute Gasteiger partial charge is 0.280 e. The summed E-state index contributed by atoms with van der Waals surface area (Å²) in [6.45, 7) is 0. The highest BCUT2D eigenvalue weighted by Gasteiger charge is 2.36. The fraction of sp³-hybridized carbons (Fsp3) is 0.278. The monoisotopic (exact) mass is 355 g/mol. The molecule has 1 atom stereocenters. The Balaban J connectivity index is 1.63. The van der Waals surface area contributed by atoms with Gasteiger partial charge in [-0.2, -0.15) is 0 Å². The Morgan fingerprint density at radius 1 is 1.28 bits per heavy atom. The van der Waals surface area contributed by atoms with Gasteiger partial charge in [0.1, 0.15) is 0 Å². The highest BCUT2D eigenvalue weighted by molar-refractivity contribution is 7.10. The van der Waals surface area contributed by atoms with Crippen molar-refractivity contribution in [2.45, 2.75) is 25.0 Å². The minimum absolute atomic E-state index is 0.139. The number of carbonyl (C=O) groups excluding carboxylic acids is 1. The molecule has 0 aliphatic heterocycles. The number of aliphatic hydroxyl groups is 1. The summed E-state index contributed by atoms with van der Waals surface area (Å²) >= 11 is 1.55. The Morgan fingerprint density at radius 2 is 2.08 bits per heavy atom. The van der Waals surface area contributed by atoms with Gasteiger partial charge in [-0.1, -0.05) is 18.2 Å². The molecule has 4 rings (SSSR count). The molecule has 0 spiro atoms. The Labute approximate surface area is 147 Å². The minimum Gasteiger partial charge on any atom is -0.393 e. The first-order chi connectivity index (χ1) is 12.1. The van der Waals surface area contributed by atoms with Gasteiger partial charge in [0.25, 0.3) is 11.5 Å². The molecule has 3 aromatic rings. The van der Waals surface area contributed by atoms with Crippen molar-refractivity contribution in [1.29, 1.82) is 0 Å². The molecular formula is C18H17N3O3S. The van der Waals surface area contributed by atoms with Crippen LogP contribution in [0.15, 0.2) is 46.6 Å². The van der Waals surface area contributed by atoms with Gasteiger partial charge in [0.2, 0.25) is 0 Å². The summed E-state index contributed by atoms with van der Waals surface area (Å²) in [5, 5.41) is 14.5. The summed E-state index contributed by atoms with van der Waals surface area (Å²) < 4.78 is 0. The molecular weight excluding hydrogens is 338 g/mol. The molecule has 6 nitrogen and oxygen atoms in total. The van der Waals surface area contributed by atoms with Gasteiger partial charge in [-0.05, 0) is 42.3 Å². The lowest BCUT2D eigenvalue weighted by Crippen LogP contribution is -2.42. The molecule has 0 unspecified atom stereocenters. The molecule has 25 heavy (non-hydrogen) atoms. The van der Waals surface area contributed by atoms with E-state index in [0.717, 1.165) is 4.88 Å². The van der Waals surface area contributed by atoms with Crippen LogP contribution < -0.4 is 10.9 Å². The maximum atomic E-state index is 12.7. The van der Waals surface area contributed by atoms with E-state index < -0.39 is 11.5 Å². The summed E-state index contributed by atoms with van der Waals surface area (Å²) in [7, 11) is 0. The van der Waals surface area contributed by atoms with Crippen LogP contribution in [0, 0.1) is 5.92 Å². The molecule has 1 aromatic carbocycles. The van der Waals surface area contributed by atoms with Gasteiger partial charge in [-0.25, -0.2) is 4.98 Å².